The van der Waals surface area contributed by atoms with E-state index >= 15 is 0 Å². The van der Waals surface area contributed by atoms with Crippen LogP contribution in [-0.2, 0) is 4.74 Å². The molecule has 1 saturated heterocycles. The number of aromatic nitrogens is 1. The summed E-state index contributed by atoms with van der Waals surface area (Å²) >= 11 is 0. The van der Waals surface area contributed by atoms with E-state index in [1.807, 2.05) is 35.2 Å². The zero-order chi connectivity index (χ0) is 16.2. The minimum Gasteiger partial charge on any atom is -0.383 e. The highest BCUT2D eigenvalue weighted by molar-refractivity contribution is 5.85. The number of benzene rings is 1. The Morgan fingerprint density at radius 3 is 2.30 bits per heavy atom. The smallest absolute Gasteiger partial charge is 0.149 e. The second kappa shape index (κ2) is 6.35. The lowest BCUT2D eigenvalue weighted by Crippen LogP contribution is -2.37. The van der Waals surface area contributed by atoms with Crippen LogP contribution in [0.25, 0.3) is 11.1 Å². The van der Waals surface area contributed by atoms with Gasteiger partial charge in [0, 0.05) is 18.7 Å². The minimum atomic E-state index is 0.145. The number of ether oxygens (including phenoxy) is 1. The van der Waals surface area contributed by atoms with Gasteiger partial charge in [-0.2, -0.15) is 10.5 Å². The molecule has 1 aliphatic heterocycles. The molecule has 2 N–H and O–H groups in total. The molecule has 1 aromatic carbocycles. The van der Waals surface area contributed by atoms with Crippen LogP contribution in [-0.4, -0.2) is 31.3 Å². The van der Waals surface area contributed by atoms with Gasteiger partial charge in [0.2, 0.25) is 0 Å². The Morgan fingerprint density at radius 2 is 1.70 bits per heavy atom. The third-order valence-corrected chi connectivity index (χ3v) is 3.80. The van der Waals surface area contributed by atoms with Gasteiger partial charge in [-0.1, -0.05) is 30.3 Å². The van der Waals surface area contributed by atoms with Gasteiger partial charge in [0.05, 0.1) is 13.2 Å². The third-order valence-electron chi connectivity index (χ3n) is 3.80. The molecule has 1 aromatic heterocycles. The lowest BCUT2D eigenvalue weighted by atomic mass is 9.96. The second-order valence-electron chi connectivity index (χ2n) is 5.13. The molecule has 0 radical (unpaired) electrons. The van der Waals surface area contributed by atoms with Crippen molar-refractivity contribution in [1.29, 1.82) is 10.5 Å². The molecule has 0 atom stereocenters. The summed E-state index contributed by atoms with van der Waals surface area (Å²) in [4.78, 5) is 6.31. The van der Waals surface area contributed by atoms with Gasteiger partial charge in [-0.15, -0.1) is 0 Å². The van der Waals surface area contributed by atoms with Gasteiger partial charge in [0.15, 0.2) is 0 Å². The number of morpholine rings is 1. The van der Waals surface area contributed by atoms with Crippen molar-refractivity contribution in [3.05, 3.63) is 41.5 Å². The van der Waals surface area contributed by atoms with Crippen molar-refractivity contribution in [1.82, 2.24) is 4.98 Å². The van der Waals surface area contributed by atoms with Gasteiger partial charge in [0.25, 0.3) is 0 Å². The average Bonchev–Trinajstić information content (AvgIpc) is 2.62. The van der Waals surface area contributed by atoms with Crippen molar-refractivity contribution < 1.29 is 4.74 Å². The van der Waals surface area contributed by atoms with Crippen molar-refractivity contribution in [3.63, 3.8) is 0 Å². The first-order valence-electron chi connectivity index (χ1n) is 7.28. The number of hydrogen-bond donors (Lipinski definition) is 1. The molecule has 0 amide bonds. The summed E-state index contributed by atoms with van der Waals surface area (Å²) in [5, 5.41) is 19.2. The van der Waals surface area contributed by atoms with Gasteiger partial charge < -0.3 is 15.4 Å². The first kappa shape index (κ1) is 14.8. The first-order chi connectivity index (χ1) is 11.3. The largest absolute Gasteiger partial charge is 0.383 e. The van der Waals surface area contributed by atoms with Gasteiger partial charge in [-0.05, 0) is 5.56 Å². The molecule has 6 nitrogen and oxygen atoms in total. The zero-order valence-electron chi connectivity index (χ0n) is 12.5. The highest BCUT2D eigenvalue weighted by Gasteiger charge is 2.24. The van der Waals surface area contributed by atoms with Crippen molar-refractivity contribution in [3.8, 4) is 23.3 Å². The molecule has 1 aliphatic rings. The van der Waals surface area contributed by atoms with Crippen molar-refractivity contribution in [2.45, 2.75) is 0 Å². The normalized spacial score (nSPS) is 14.1. The molecule has 1 fully saturated rings. The Labute approximate surface area is 134 Å². The highest BCUT2D eigenvalue weighted by Crippen LogP contribution is 2.35. The van der Waals surface area contributed by atoms with Crippen LogP contribution in [0, 0.1) is 22.7 Å². The molecule has 2 heterocycles. The fourth-order valence-electron chi connectivity index (χ4n) is 2.71. The van der Waals surface area contributed by atoms with E-state index in [0.717, 1.165) is 5.56 Å². The lowest BCUT2D eigenvalue weighted by molar-refractivity contribution is 0.122. The van der Waals surface area contributed by atoms with E-state index in [-0.39, 0.29) is 11.4 Å². The van der Waals surface area contributed by atoms with Gasteiger partial charge in [0.1, 0.15) is 34.9 Å². The van der Waals surface area contributed by atoms with Crippen LogP contribution in [0.5, 0.6) is 0 Å². The number of nitrogens with zero attached hydrogens (tertiary/aromatic N) is 4. The molecule has 0 aliphatic carbocycles. The highest BCUT2D eigenvalue weighted by atomic mass is 16.5. The summed E-state index contributed by atoms with van der Waals surface area (Å²) < 4.78 is 5.35. The van der Waals surface area contributed by atoms with E-state index in [2.05, 4.69) is 17.1 Å². The summed E-state index contributed by atoms with van der Waals surface area (Å²) in [5.41, 5.74) is 7.95. The van der Waals surface area contributed by atoms with Gasteiger partial charge in [-0.25, -0.2) is 4.98 Å². The SMILES string of the molecule is N#Cc1c(N)nc(N2CCOCC2)c(C#N)c1-c1ccccc1. The van der Waals surface area contributed by atoms with E-state index in [1.165, 1.54) is 0 Å². The van der Waals surface area contributed by atoms with E-state index in [0.29, 0.717) is 43.2 Å². The molecule has 6 heteroatoms. The molecular weight excluding hydrogens is 290 g/mol. The van der Waals surface area contributed by atoms with Crippen LogP contribution in [0.3, 0.4) is 0 Å². The van der Waals surface area contributed by atoms with E-state index in [9.17, 15) is 10.5 Å². The number of hydrogen-bond acceptors (Lipinski definition) is 6. The Hall–Kier alpha value is -3.09. The number of rotatable bonds is 2. The predicted octanol–water partition coefficient (Wildman–Crippen LogP) is 1.91. The number of nitriles is 2. The van der Waals surface area contributed by atoms with Crippen molar-refractivity contribution >= 4 is 11.6 Å². The predicted molar refractivity (Wildman–Crippen MR) is 86.5 cm³/mol. The van der Waals surface area contributed by atoms with Crippen LogP contribution in [0.15, 0.2) is 30.3 Å². The second-order valence-corrected chi connectivity index (χ2v) is 5.13. The lowest BCUT2D eigenvalue weighted by Gasteiger charge is -2.29. The minimum absolute atomic E-state index is 0.145. The van der Waals surface area contributed by atoms with Gasteiger partial charge >= 0.3 is 0 Å². The van der Waals surface area contributed by atoms with E-state index < -0.39 is 0 Å². The first-order valence-corrected chi connectivity index (χ1v) is 7.28. The topological polar surface area (TPSA) is 99.0 Å². The summed E-state index contributed by atoms with van der Waals surface area (Å²) in [6, 6.07) is 13.6. The third kappa shape index (κ3) is 2.68. The monoisotopic (exact) mass is 305 g/mol. The number of nitrogen functional groups attached to an aromatic ring is 1. The summed E-state index contributed by atoms with van der Waals surface area (Å²) in [7, 11) is 0. The Balaban J connectivity index is 2.26. The molecule has 2 aromatic rings. The number of pyridine rings is 1. The maximum absolute atomic E-state index is 9.70. The van der Waals surface area contributed by atoms with Crippen LogP contribution in [0.1, 0.15) is 11.1 Å². The Kier molecular flexibility index (Phi) is 4.09. The van der Waals surface area contributed by atoms with Crippen LogP contribution < -0.4 is 10.6 Å². The van der Waals surface area contributed by atoms with Crippen molar-refractivity contribution in [2.75, 3.05) is 36.9 Å². The molecule has 114 valence electrons. The molecule has 0 saturated carbocycles. The van der Waals surface area contributed by atoms with Crippen LogP contribution in [0.2, 0.25) is 0 Å². The molecule has 0 spiro atoms. The number of nitrogens with two attached hydrogens (primary N) is 1. The van der Waals surface area contributed by atoms with E-state index in [1.54, 1.807) is 0 Å². The zero-order valence-corrected chi connectivity index (χ0v) is 12.5. The summed E-state index contributed by atoms with van der Waals surface area (Å²) in [6.45, 7) is 2.43. The fraction of sp³-hybridized carbons (Fsp3) is 0.235. The standard InChI is InChI=1S/C17H15N5O/c18-10-13-15(12-4-2-1-3-5-12)14(11-19)17(21-16(13)20)22-6-8-23-9-7-22/h1-5H,6-9H2,(H2,20,21). The summed E-state index contributed by atoms with van der Waals surface area (Å²) in [6.07, 6.45) is 0. The molecule has 23 heavy (non-hydrogen) atoms. The maximum atomic E-state index is 9.70. The average molecular weight is 305 g/mol. The van der Waals surface area contributed by atoms with E-state index in [4.69, 9.17) is 10.5 Å². The Bertz CT molecular complexity index is 798. The Morgan fingerprint density at radius 1 is 1.04 bits per heavy atom. The summed E-state index contributed by atoms with van der Waals surface area (Å²) in [5.74, 6) is 0.665. The fourth-order valence-corrected chi connectivity index (χ4v) is 2.71. The van der Waals surface area contributed by atoms with Crippen molar-refractivity contribution in [2.24, 2.45) is 0 Å². The van der Waals surface area contributed by atoms with Crippen LogP contribution in [0.4, 0.5) is 11.6 Å². The number of anilines is 2. The molecule has 3 rings (SSSR count). The van der Waals surface area contributed by atoms with Gasteiger partial charge in [-0.3, -0.25) is 0 Å². The quantitative estimate of drug-likeness (QED) is 0.910. The molecule has 0 bridgehead atoms. The molecular formula is C17H15N5O. The molecule has 0 unspecified atom stereocenters. The maximum Gasteiger partial charge on any atom is 0.149 e. The van der Waals surface area contributed by atoms with Crippen LogP contribution >= 0.6 is 0 Å².